The van der Waals surface area contributed by atoms with E-state index in [0.717, 1.165) is 12.8 Å². The second-order valence-corrected chi connectivity index (χ2v) is 4.72. The minimum absolute atomic E-state index is 0.00670. The van der Waals surface area contributed by atoms with E-state index in [1.807, 2.05) is 12.1 Å². The van der Waals surface area contributed by atoms with Crippen LogP contribution >= 0.6 is 12.2 Å². The predicted octanol–water partition coefficient (Wildman–Crippen LogP) is 2.87. The minimum atomic E-state index is -0.455. The molecule has 0 aliphatic heterocycles. The van der Waals surface area contributed by atoms with Crippen LogP contribution in [-0.4, -0.2) is 16.6 Å². The van der Waals surface area contributed by atoms with Gasteiger partial charge < -0.3 is 10.5 Å². The van der Waals surface area contributed by atoms with Gasteiger partial charge in [-0.25, -0.2) is 4.39 Å². The molecule has 2 N–H and O–H groups in total. The zero-order valence-corrected chi connectivity index (χ0v) is 11.7. The lowest BCUT2D eigenvalue weighted by Crippen LogP contribution is -2.14. The maximum absolute atomic E-state index is 13.6. The Morgan fingerprint density at radius 3 is 2.70 bits per heavy atom. The molecule has 0 atom stereocenters. The minimum Gasteiger partial charge on any atom is -0.493 e. The molecular formula is C15H15FN2OS. The number of rotatable bonds is 6. The quantitative estimate of drug-likeness (QED) is 0.656. The Balaban J connectivity index is 1.92. The van der Waals surface area contributed by atoms with E-state index < -0.39 is 5.82 Å². The van der Waals surface area contributed by atoms with Crippen molar-refractivity contribution in [3.8, 4) is 5.75 Å². The lowest BCUT2D eigenvalue weighted by Gasteiger charge is -2.11. The van der Waals surface area contributed by atoms with Crippen molar-refractivity contribution in [2.45, 2.75) is 12.8 Å². The molecule has 0 unspecified atom stereocenters. The fraction of sp³-hybridized carbons (Fsp3) is 0.200. The van der Waals surface area contributed by atoms with Crippen LogP contribution in [-0.2, 0) is 6.42 Å². The maximum atomic E-state index is 13.6. The van der Waals surface area contributed by atoms with E-state index in [1.54, 1.807) is 24.5 Å². The van der Waals surface area contributed by atoms with E-state index in [9.17, 15) is 4.39 Å². The molecule has 1 heterocycles. The third-order valence-corrected chi connectivity index (χ3v) is 3.04. The summed E-state index contributed by atoms with van der Waals surface area (Å²) in [6, 6.07) is 8.49. The summed E-state index contributed by atoms with van der Waals surface area (Å²) in [6.07, 6.45) is 5.21. The van der Waals surface area contributed by atoms with E-state index in [0.29, 0.717) is 12.4 Å². The molecule has 0 radical (unpaired) electrons. The Morgan fingerprint density at radius 2 is 2.00 bits per heavy atom. The number of nitrogens with two attached hydrogens (primary N) is 1. The van der Waals surface area contributed by atoms with Crippen molar-refractivity contribution >= 4 is 17.2 Å². The molecule has 5 heteroatoms. The second kappa shape index (κ2) is 6.96. The van der Waals surface area contributed by atoms with Crippen LogP contribution in [0.5, 0.6) is 5.75 Å². The number of hydrogen-bond donors (Lipinski definition) is 1. The third-order valence-electron chi connectivity index (χ3n) is 2.84. The molecule has 0 aliphatic rings. The average Bonchev–Trinajstić information content (AvgIpc) is 2.44. The van der Waals surface area contributed by atoms with Crippen molar-refractivity contribution in [2.75, 3.05) is 6.61 Å². The summed E-state index contributed by atoms with van der Waals surface area (Å²) < 4.78 is 19.2. The molecule has 0 saturated carbocycles. The molecule has 0 bridgehead atoms. The lowest BCUT2D eigenvalue weighted by molar-refractivity contribution is 0.309. The SMILES string of the molecule is NC(=S)c1c(F)cccc1OCCCc1ccncc1. The maximum Gasteiger partial charge on any atom is 0.137 e. The lowest BCUT2D eigenvalue weighted by atomic mass is 10.1. The van der Waals surface area contributed by atoms with Gasteiger partial charge in [0.25, 0.3) is 0 Å². The average molecular weight is 290 g/mol. The van der Waals surface area contributed by atoms with Crippen LogP contribution in [0.15, 0.2) is 42.7 Å². The zero-order valence-electron chi connectivity index (χ0n) is 10.9. The molecule has 0 aliphatic carbocycles. The largest absolute Gasteiger partial charge is 0.493 e. The molecule has 2 rings (SSSR count). The highest BCUT2D eigenvalue weighted by atomic mass is 32.1. The predicted molar refractivity (Wildman–Crippen MR) is 80.3 cm³/mol. The van der Waals surface area contributed by atoms with Gasteiger partial charge in [0.2, 0.25) is 0 Å². The van der Waals surface area contributed by atoms with Crippen LogP contribution in [0.2, 0.25) is 0 Å². The van der Waals surface area contributed by atoms with Crippen molar-refractivity contribution in [1.29, 1.82) is 0 Å². The van der Waals surface area contributed by atoms with Gasteiger partial charge in [0, 0.05) is 12.4 Å². The van der Waals surface area contributed by atoms with E-state index >= 15 is 0 Å². The summed E-state index contributed by atoms with van der Waals surface area (Å²) in [5.41, 5.74) is 6.88. The molecule has 1 aromatic heterocycles. The fourth-order valence-electron chi connectivity index (χ4n) is 1.87. The van der Waals surface area contributed by atoms with E-state index in [-0.39, 0.29) is 10.6 Å². The first kappa shape index (κ1) is 14.4. The Morgan fingerprint density at radius 1 is 1.25 bits per heavy atom. The van der Waals surface area contributed by atoms with Gasteiger partial charge in [-0.15, -0.1) is 0 Å². The number of nitrogens with zero attached hydrogens (tertiary/aromatic N) is 1. The van der Waals surface area contributed by atoms with Crippen LogP contribution in [0, 0.1) is 5.82 Å². The summed E-state index contributed by atoms with van der Waals surface area (Å²) in [7, 11) is 0. The first-order valence-corrected chi connectivity index (χ1v) is 6.69. The van der Waals surface area contributed by atoms with Crippen molar-refractivity contribution in [3.63, 3.8) is 0 Å². The Bertz CT molecular complexity index is 590. The molecule has 0 saturated heterocycles. The molecule has 0 amide bonds. The monoisotopic (exact) mass is 290 g/mol. The fourth-order valence-corrected chi connectivity index (χ4v) is 2.07. The van der Waals surface area contributed by atoms with Crippen molar-refractivity contribution < 1.29 is 9.13 Å². The highest BCUT2D eigenvalue weighted by molar-refractivity contribution is 7.80. The summed E-state index contributed by atoms with van der Waals surface area (Å²) in [5.74, 6) is -0.0589. The summed E-state index contributed by atoms with van der Waals surface area (Å²) in [5, 5.41) is 0. The molecule has 1 aromatic carbocycles. The van der Waals surface area contributed by atoms with E-state index in [2.05, 4.69) is 4.98 Å². The smallest absolute Gasteiger partial charge is 0.137 e. The molecule has 104 valence electrons. The van der Waals surface area contributed by atoms with E-state index in [1.165, 1.54) is 11.6 Å². The highest BCUT2D eigenvalue weighted by Crippen LogP contribution is 2.21. The number of hydrogen-bond acceptors (Lipinski definition) is 3. The van der Waals surface area contributed by atoms with Gasteiger partial charge in [0.05, 0.1) is 12.2 Å². The highest BCUT2D eigenvalue weighted by Gasteiger charge is 2.11. The van der Waals surface area contributed by atoms with Crippen LogP contribution in [0.1, 0.15) is 17.5 Å². The van der Waals surface area contributed by atoms with Gasteiger partial charge in [-0.05, 0) is 42.7 Å². The molecule has 3 nitrogen and oxygen atoms in total. The van der Waals surface area contributed by atoms with Gasteiger partial charge >= 0.3 is 0 Å². The third kappa shape index (κ3) is 3.74. The summed E-state index contributed by atoms with van der Waals surface area (Å²) in [4.78, 5) is 3.97. The second-order valence-electron chi connectivity index (χ2n) is 4.28. The molecule has 20 heavy (non-hydrogen) atoms. The molecule has 2 aromatic rings. The van der Waals surface area contributed by atoms with Crippen molar-refractivity contribution in [2.24, 2.45) is 5.73 Å². The van der Waals surface area contributed by atoms with Crippen LogP contribution in [0.4, 0.5) is 4.39 Å². The standard InChI is InChI=1S/C15H15FN2OS/c16-12-4-1-5-13(14(12)15(17)20)19-10-2-3-11-6-8-18-9-7-11/h1,4-9H,2-3,10H2,(H2,17,20). The van der Waals surface area contributed by atoms with Gasteiger partial charge in [0.15, 0.2) is 0 Å². The number of halogens is 1. The van der Waals surface area contributed by atoms with E-state index in [4.69, 9.17) is 22.7 Å². The van der Waals surface area contributed by atoms with Gasteiger partial charge in [0.1, 0.15) is 16.6 Å². The Kier molecular flexibility index (Phi) is 5.01. The number of benzene rings is 1. The Hall–Kier alpha value is -2.01. The topological polar surface area (TPSA) is 48.1 Å². The number of aryl methyl sites for hydroxylation is 1. The first-order chi connectivity index (χ1) is 9.68. The summed E-state index contributed by atoms with van der Waals surface area (Å²) in [6.45, 7) is 0.474. The van der Waals surface area contributed by atoms with Gasteiger partial charge in [-0.3, -0.25) is 4.98 Å². The van der Waals surface area contributed by atoms with Crippen LogP contribution < -0.4 is 10.5 Å². The normalized spacial score (nSPS) is 10.2. The van der Waals surface area contributed by atoms with Crippen LogP contribution in [0.3, 0.4) is 0 Å². The molecular weight excluding hydrogens is 275 g/mol. The number of pyridine rings is 1. The van der Waals surface area contributed by atoms with Crippen LogP contribution in [0.25, 0.3) is 0 Å². The van der Waals surface area contributed by atoms with Gasteiger partial charge in [-0.2, -0.15) is 0 Å². The van der Waals surface area contributed by atoms with Crippen molar-refractivity contribution in [3.05, 3.63) is 59.7 Å². The summed E-state index contributed by atoms with van der Waals surface area (Å²) >= 11 is 4.84. The number of ether oxygens (including phenoxy) is 1. The molecule has 0 fully saturated rings. The zero-order chi connectivity index (χ0) is 14.4. The number of thiocarbonyl (C=S) groups is 1. The van der Waals surface area contributed by atoms with Gasteiger partial charge in [-0.1, -0.05) is 18.3 Å². The Labute approximate surface area is 122 Å². The number of aromatic nitrogens is 1. The van der Waals surface area contributed by atoms with Crippen molar-refractivity contribution in [1.82, 2.24) is 4.98 Å². The first-order valence-electron chi connectivity index (χ1n) is 6.28. The molecule has 0 spiro atoms.